The Morgan fingerprint density at radius 3 is 2.66 bits per heavy atom. The number of rotatable bonds is 5. The average Bonchev–Trinajstić information content (AvgIpc) is 3.32. The molecule has 0 saturated heterocycles. The molecule has 0 aliphatic heterocycles. The van der Waals surface area contributed by atoms with Crippen molar-refractivity contribution in [3.8, 4) is 16.4 Å². The lowest BCUT2D eigenvalue weighted by atomic mass is 10.2. The molecule has 8 heteroatoms. The molecule has 6 nitrogen and oxygen atoms in total. The Bertz CT molecular complexity index is 1170. The number of hydrogen-bond acceptors (Lipinski definition) is 5. The van der Waals surface area contributed by atoms with Gasteiger partial charge in [-0.1, -0.05) is 0 Å². The maximum absolute atomic E-state index is 13.1. The van der Waals surface area contributed by atoms with E-state index in [4.69, 9.17) is 0 Å². The van der Waals surface area contributed by atoms with Crippen LogP contribution >= 0.6 is 11.3 Å². The van der Waals surface area contributed by atoms with Crippen molar-refractivity contribution in [3.63, 3.8) is 0 Å². The number of nitrogens with zero attached hydrogens (tertiary/aromatic N) is 4. The van der Waals surface area contributed by atoms with Crippen molar-refractivity contribution in [1.29, 1.82) is 0 Å². The first kappa shape index (κ1) is 18.9. The van der Waals surface area contributed by atoms with Gasteiger partial charge in [0.2, 0.25) is 0 Å². The van der Waals surface area contributed by atoms with Crippen LogP contribution in [0.5, 0.6) is 0 Å². The van der Waals surface area contributed by atoms with Crippen LogP contribution < -0.4 is 5.32 Å². The molecule has 4 rings (SSSR count). The fourth-order valence-electron chi connectivity index (χ4n) is 2.91. The van der Waals surface area contributed by atoms with Gasteiger partial charge >= 0.3 is 0 Å². The third-order valence-corrected chi connectivity index (χ3v) is 5.63. The SMILES string of the molecule is Cc1nc(-c2ccc(F)cc2)sc1C(=O)NCc1ccnc(-n2ccnc2C)c1. The molecule has 0 bridgehead atoms. The van der Waals surface area contributed by atoms with Gasteiger partial charge in [0.15, 0.2) is 0 Å². The molecule has 3 aromatic heterocycles. The summed E-state index contributed by atoms with van der Waals surface area (Å²) in [6.07, 6.45) is 5.27. The molecule has 0 aliphatic rings. The summed E-state index contributed by atoms with van der Waals surface area (Å²) in [5, 5.41) is 3.63. The minimum Gasteiger partial charge on any atom is -0.347 e. The predicted molar refractivity (Wildman–Crippen MR) is 110 cm³/mol. The molecule has 4 aromatic rings. The Labute approximate surface area is 171 Å². The highest BCUT2D eigenvalue weighted by Crippen LogP contribution is 2.28. The summed E-state index contributed by atoms with van der Waals surface area (Å²) >= 11 is 1.29. The van der Waals surface area contributed by atoms with Crippen LogP contribution in [0.3, 0.4) is 0 Å². The lowest BCUT2D eigenvalue weighted by molar-refractivity contribution is 0.0954. The van der Waals surface area contributed by atoms with E-state index in [-0.39, 0.29) is 11.7 Å². The number of carbonyl (C=O) groups excluding carboxylic acids is 1. The zero-order valence-electron chi connectivity index (χ0n) is 15.9. The zero-order chi connectivity index (χ0) is 20.4. The van der Waals surface area contributed by atoms with Crippen LogP contribution in [-0.2, 0) is 6.54 Å². The standard InChI is InChI=1S/C21H18FN5OS/c1-13-19(29-21(26-13)16-3-5-17(22)6-4-16)20(28)25-12-15-7-8-24-18(11-15)27-10-9-23-14(27)2/h3-11H,12H2,1-2H3,(H,25,28). The summed E-state index contributed by atoms with van der Waals surface area (Å²) in [6, 6.07) is 9.86. The molecule has 1 aromatic carbocycles. The minimum absolute atomic E-state index is 0.189. The number of carbonyl (C=O) groups is 1. The molecular formula is C21H18FN5OS. The fraction of sp³-hybridized carbons (Fsp3) is 0.143. The Morgan fingerprint density at radius 1 is 1.14 bits per heavy atom. The summed E-state index contributed by atoms with van der Waals surface area (Å²) in [7, 11) is 0. The number of nitrogens with one attached hydrogen (secondary N) is 1. The second-order valence-corrected chi connectivity index (χ2v) is 7.49. The highest BCUT2D eigenvalue weighted by Gasteiger charge is 2.16. The molecule has 3 heterocycles. The molecule has 0 aliphatic carbocycles. The number of aromatic nitrogens is 4. The second-order valence-electron chi connectivity index (χ2n) is 6.49. The molecule has 0 spiro atoms. The normalized spacial score (nSPS) is 10.9. The predicted octanol–water partition coefficient (Wildman–Crippen LogP) is 4.08. The largest absolute Gasteiger partial charge is 0.347 e. The van der Waals surface area contributed by atoms with Crippen LogP contribution in [-0.4, -0.2) is 25.4 Å². The van der Waals surface area contributed by atoms with Gasteiger partial charge in [-0.05, 0) is 55.8 Å². The van der Waals surface area contributed by atoms with Crippen LogP contribution in [0.25, 0.3) is 16.4 Å². The maximum atomic E-state index is 13.1. The van der Waals surface area contributed by atoms with Gasteiger partial charge in [0.1, 0.15) is 27.3 Å². The van der Waals surface area contributed by atoms with Gasteiger partial charge < -0.3 is 5.32 Å². The number of halogens is 1. The van der Waals surface area contributed by atoms with E-state index in [2.05, 4.69) is 20.3 Å². The van der Waals surface area contributed by atoms with Gasteiger partial charge in [0.25, 0.3) is 5.91 Å². The highest BCUT2D eigenvalue weighted by molar-refractivity contribution is 7.17. The zero-order valence-corrected chi connectivity index (χ0v) is 16.7. The minimum atomic E-state index is -0.303. The van der Waals surface area contributed by atoms with Gasteiger partial charge in [-0.2, -0.15) is 0 Å². The Hall–Kier alpha value is -3.39. The summed E-state index contributed by atoms with van der Waals surface area (Å²) in [5.74, 6) is 1.10. The van der Waals surface area contributed by atoms with Crippen LogP contribution in [0.1, 0.15) is 26.8 Å². The van der Waals surface area contributed by atoms with Crippen molar-refractivity contribution < 1.29 is 9.18 Å². The molecule has 1 amide bonds. The van der Waals surface area contributed by atoms with E-state index in [0.717, 1.165) is 22.8 Å². The van der Waals surface area contributed by atoms with Crippen molar-refractivity contribution in [2.24, 2.45) is 0 Å². The Balaban J connectivity index is 1.48. The molecule has 0 saturated carbocycles. The van der Waals surface area contributed by atoms with E-state index in [1.54, 1.807) is 31.5 Å². The van der Waals surface area contributed by atoms with E-state index in [1.165, 1.54) is 23.5 Å². The third kappa shape index (κ3) is 4.07. The molecule has 29 heavy (non-hydrogen) atoms. The number of hydrogen-bond donors (Lipinski definition) is 1. The van der Waals surface area contributed by atoms with E-state index >= 15 is 0 Å². The van der Waals surface area contributed by atoms with Crippen LogP contribution in [0, 0.1) is 19.7 Å². The van der Waals surface area contributed by atoms with Crippen molar-refractivity contribution in [2.45, 2.75) is 20.4 Å². The highest BCUT2D eigenvalue weighted by atomic mass is 32.1. The van der Waals surface area contributed by atoms with Gasteiger partial charge in [-0.25, -0.2) is 19.3 Å². The second kappa shape index (κ2) is 7.92. The summed E-state index contributed by atoms with van der Waals surface area (Å²) in [5.41, 5.74) is 2.36. The van der Waals surface area contributed by atoms with Crippen LogP contribution in [0.4, 0.5) is 4.39 Å². The molecule has 0 atom stereocenters. The molecule has 146 valence electrons. The number of aryl methyl sites for hydroxylation is 2. The molecule has 0 fully saturated rings. The molecule has 0 unspecified atom stereocenters. The smallest absolute Gasteiger partial charge is 0.263 e. The monoisotopic (exact) mass is 407 g/mol. The molecule has 1 N–H and O–H groups in total. The average molecular weight is 407 g/mol. The number of thiazole rings is 1. The van der Waals surface area contributed by atoms with Crippen molar-refractivity contribution in [3.05, 3.63) is 82.8 Å². The summed E-state index contributed by atoms with van der Waals surface area (Å²) in [6.45, 7) is 4.07. The number of amides is 1. The summed E-state index contributed by atoms with van der Waals surface area (Å²) in [4.78, 5) is 26.2. The Kier molecular flexibility index (Phi) is 5.18. The first-order valence-corrected chi connectivity index (χ1v) is 9.80. The van der Waals surface area contributed by atoms with Crippen LogP contribution in [0.2, 0.25) is 0 Å². The van der Waals surface area contributed by atoms with Crippen molar-refractivity contribution in [2.75, 3.05) is 0 Å². The first-order chi connectivity index (χ1) is 14.0. The van der Waals surface area contributed by atoms with Crippen molar-refractivity contribution >= 4 is 17.2 Å². The third-order valence-electron chi connectivity index (χ3n) is 4.43. The van der Waals surface area contributed by atoms with Gasteiger partial charge in [-0.3, -0.25) is 9.36 Å². The number of pyridine rings is 1. The number of benzene rings is 1. The number of imidazole rings is 1. The lowest BCUT2D eigenvalue weighted by Gasteiger charge is -2.08. The van der Waals surface area contributed by atoms with E-state index in [9.17, 15) is 9.18 Å². The first-order valence-electron chi connectivity index (χ1n) is 8.98. The van der Waals surface area contributed by atoms with E-state index < -0.39 is 0 Å². The molecular weight excluding hydrogens is 389 g/mol. The van der Waals surface area contributed by atoms with E-state index in [0.29, 0.717) is 22.1 Å². The van der Waals surface area contributed by atoms with E-state index in [1.807, 2.05) is 29.8 Å². The van der Waals surface area contributed by atoms with Gasteiger partial charge in [0, 0.05) is 30.7 Å². The van der Waals surface area contributed by atoms with Gasteiger partial charge in [-0.15, -0.1) is 11.3 Å². The Morgan fingerprint density at radius 2 is 1.93 bits per heavy atom. The molecule has 0 radical (unpaired) electrons. The topological polar surface area (TPSA) is 72.7 Å². The van der Waals surface area contributed by atoms with Crippen LogP contribution in [0.15, 0.2) is 55.0 Å². The quantitative estimate of drug-likeness (QED) is 0.541. The maximum Gasteiger partial charge on any atom is 0.263 e. The van der Waals surface area contributed by atoms with Crippen molar-refractivity contribution in [1.82, 2.24) is 24.8 Å². The lowest BCUT2D eigenvalue weighted by Crippen LogP contribution is -2.22. The summed E-state index contributed by atoms with van der Waals surface area (Å²) < 4.78 is 15.0. The fourth-order valence-corrected chi connectivity index (χ4v) is 3.90. The van der Waals surface area contributed by atoms with Gasteiger partial charge in [0.05, 0.1) is 5.69 Å².